The second-order valence-electron chi connectivity index (χ2n) is 8.34. The van der Waals surface area contributed by atoms with Crippen molar-refractivity contribution in [2.75, 3.05) is 37.6 Å². The Morgan fingerprint density at radius 2 is 1.64 bits per heavy atom. The van der Waals surface area contributed by atoms with Gasteiger partial charge in [-0.1, -0.05) is 18.2 Å². The van der Waals surface area contributed by atoms with Gasteiger partial charge in [0.1, 0.15) is 6.04 Å². The fraction of sp³-hybridized carbons (Fsp3) is 0.320. The summed E-state index contributed by atoms with van der Waals surface area (Å²) in [6, 6.07) is 12.8. The Kier molecular flexibility index (Phi) is 5.97. The molecule has 0 spiro atoms. The molecule has 2 aromatic heterocycles. The number of carbonyl (C=O) groups is 2. The van der Waals surface area contributed by atoms with Crippen molar-refractivity contribution in [3.05, 3.63) is 72.8 Å². The Labute approximate surface area is 192 Å². The third-order valence-corrected chi connectivity index (χ3v) is 6.33. The molecule has 0 aliphatic carbocycles. The molecule has 0 bridgehead atoms. The number of amides is 2. The quantitative estimate of drug-likeness (QED) is 0.618. The lowest BCUT2D eigenvalue weighted by Crippen LogP contribution is -2.54. The fourth-order valence-corrected chi connectivity index (χ4v) is 4.59. The molecule has 5 rings (SSSR count). The van der Waals surface area contributed by atoms with Gasteiger partial charge in [-0.25, -0.2) is 9.97 Å². The van der Waals surface area contributed by atoms with Gasteiger partial charge >= 0.3 is 0 Å². The second kappa shape index (κ2) is 9.36. The van der Waals surface area contributed by atoms with Crippen LogP contribution in [0.2, 0.25) is 0 Å². The lowest BCUT2D eigenvalue weighted by molar-refractivity contribution is -0.135. The number of aromatic nitrogens is 3. The first kappa shape index (κ1) is 21.1. The molecule has 1 aromatic carbocycles. The average Bonchev–Trinajstić information content (AvgIpc) is 3.39. The summed E-state index contributed by atoms with van der Waals surface area (Å²) in [7, 11) is 0. The van der Waals surface area contributed by atoms with Gasteiger partial charge in [0.15, 0.2) is 0 Å². The van der Waals surface area contributed by atoms with Crippen LogP contribution in [0.15, 0.2) is 67.3 Å². The summed E-state index contributed by atoms with van der Waals surface area (Å²) in [5, 5.41) is 0. The van der Waals surface area contributed by atoms with Crippen LogP contribution in [-0.2, 0) is 4.79 Å². The maximum Gasteiger partial charge on any atom is 0.254 e. The predicted octanol–water partition coefficient (Wildman–Crippen LogP) is 2.49. The van der Waals surface area contributed by atoms with Crippen LogP contribution in [0.3, 0.4) is 0 Å². The van der Waals surface area contributed by atoms with E-state index in [0.29, 0.717) is 50.7 Å². The second-order valence-corrected chi connectivity index (χ2v) is 8.34. The van der Waals surface area contributed by atoms with Gasteiger partial charge in [-0.15, -0.1) is 0 Å². The number of benzene rings is 1. The summed E-state index contributed by atoms with van der Waals surface area (Å²) in [6.45, 7) is 3.18. The minimum Gasteiger partial charge on any atom is -0.337 e. The molecule has 168 valence electrons. The Bertz CT molecular complexity index is 1120. The normalized spacial score (nSPS) is 18.4. The SMILES string of the molecule is O=C(C1CCCN1C(=O)c1cccc(-c2cccnc2)c1)N1CCN(c2ncccn2)CC1. The number of hydrogen-bond donors (Lipinski definition) is 0. The monoisotopic (exact) mass is 442 g/mol. The lowest BCUT2D eigenvalue weighted by atomic mass is 10.0. The van der Waals surface area contributed by atoms with E-state index in [1.54, 1.807) is 35.8 Å². The van der Waals surface area contributed by atoms with Crippen molar-refractivity contribution < 1.29 is 9.59 Å². The molecule has 2 aliphatic heterocycles. The maximum absolute atomic E-state index is 13.4. The molecule has 3 aromatic rings. The molecule has 2 aliphatic rings. The molecule has 8 nitrogen and oxygen atoms in total. The van der Waals surface area contributed by atoms with E-state index in [-0.39, 0.29) is 11.8 Å². The van der Waals surface area contributed by atoms with Crippen LogP contribution in [0.25, 0.3) is 11.1 Å². The van der Waals surface area contributed by atoms with E-state index < -0.39 is 6.04 Å². The number of piperazine rings is 1. The molecule has 1 unspecified atom stereocenters. The van der Waals surface area contributed by atoms with E-state index in [1.807, 2.05) is 41.3 Å². The number of nitrogens with zero attached hydrogens (tertiary/aromatic N) is 6. The van der Waals surface area contributed by atoms with Crippen molar-refractivity contribution in [3.8, 4) is 11.1 Å². The van der Waals surface area contributed by atoms with Gasteiger partial charge in [-0.05, 0) is 42.7 Å². The smallest absolute Gasteiger partial charge is 0.254 e. The third kappa shape index (κ3) is 4.41. The van der Waals surface area contributed by atoms with Crippen LogP contribution in [0.4, 0.5) is 5.95 Å². The van der Waals surface area contributed by atoms with Gasteiger partial charge in [0.25, 0.3) is 5.91 Å². The minimum absolute atomic E-state index is 0.0397. The number of likely N-dealkylation sites (tertiary alicyclic amines) is 1. The number of hydrogen-bond acceptors (Lipinski definition) is 6. The Balaban J connectivity index is 1.27. The van der Waals surface area contributed by atoms with E-state index >= 15 is 0 Å². The Morgan fingerprint density at radius 3 is 2.39 bits per heavy atom. The van der Waals surface area contributed by atoms with Crippen LogP contribution in [0.1, 0.15) is 23.2 Å². The van der Waals surface area contributed by atoms with Crippen molar-refractivity contribution in [3.63, 3.8) is 0 Å². The summed E-state index contributed by atoms with van der Waals surface area (Å²) >= 11 is 0. The summed E-state index contributed by atoms with van der Waals surface area (Å²) in [5.74, 6) is 0.640. The fourth-order valence-electron chi connectivity index (χ4n) is 4.59. The van der Waals surface area contributed by atoms with Gasteiger partial charge in [-0.3, -0.25) is 14.6 Å². The first-order valence-electron chi connectivity index (χ1n) is 11.3. The van der Waals surface area contributed by atoms with Crippen LogP contribution in [-0.4, -0.2) is 75.3 Å². The first-order chi connectivity index (χ1) is 16.2. The molecule has 0 saturated carbocycles. The number of anilines is 1. The number of carbonyl (C=O) groups excluding carboxylic acids is 2. The van der Waals surface area contributed by atoms with Gasteiger partial charge in [-0.2, -0.15) is 0 Å². The van der Waals surface area contributed by atoms with Crippen LogP contribution < -0.4 is 4.90 Å². The largest absolute Gasteiger partial charge is 0.337 e. The third-order valence-electron chi connectivity index (χ3n) is 6.33. The topological polar surface area (TPSA) is 82.5 Å². The van der Waals surface area contributed by atoms with Crippen LogP contribution >= 0.6 is 0 Å². The van der Waals surface area contributed by atoms with Crippen molar-refractivity contribution in [1.29, 1.82) is 0 Å². The first-order valence-corrected chi connectivity index (χ1v) is 11.3. The zero-order valence-electron chi connectivity index (χ0n) is 18.4. The van der Waals surface area contributed by atoms with Crippen LogP contribution in [0.5, 0.6) is 0 Å². The molecule has 2 fully saturated rings. The molecule has 4 heterocycles. The minimum atomic E-state index is -0.404. The van der Waals surface area contributed by atoms with E-state index in [1.165, 1.54) is 0 Å². The lowest BCUT2D eigenvalue weighted by Gasteiger charge is -2.37. The van der Waals surface area contributed by atoms with E-state index in [9.17, 15) is 9.59 Å². The molecule has 2 saturated heterocycles. The Morgan fingerprint density at radius 1 is 0.848 bits per heavy atom. The summed E-state index contributed by atoms with van der Waals surface area (Å²) in [5.41, 5.74) is 2.50. The van der Waals surface area contributed by atoms with Crippen molar-refractivity contribution in [2.45, 2.75) is 18.9 Å². The van der Waals surface area contributed by atoms with Crippen LogP contribution in [0, 0.1) is 0 Å². The molecular formula is C25H26N6O2. The summed E-state index contributed by atoms with van der Waals surface area (Å²) in [6.07, 6.45) is 8.50. The molecule has 2 amide bonds. The molecule has 1 atom stereocenters. The zero-order valence-corrected chi connectivity index (χ0v) is 18.4. The van der Waals surface area contributed by atoms with Gasteiger partial charge < -0.3 is 14.7 Å². The molecule has 8 heteroatoms. The number of rotatable bonds is 4. The van der Waals surface area contributed by atoms with Crippen molar-refractivity contribution >= 4 is 17.8 Å². The van der Waals surface area contributed by atoms with E-state index in [4.69, 9.17) is 0 Å². The average molecular weight is 443 g/mol. The highest BCUT2D eigenvalue weighted by atomic mass is 16.2. The van der Waals surface area contributed by atoms with Crippen molar-refractivity contribution in [1.82, 2.24) is 24.8 Å². The number of pyridine rings is 1. The summed E-state index contributed by atoms with van der Waals surface area (Å²) < 4.78 is 0. The molecular weight excluding hydrogens is 416 g/mol. The van der Waals surface area contributed by atoms with Gasteiger partial charge in [0, 0.05) is 68.6 Å². The van der Waals surface area contributed by atoms with Crippen molar-refractivity contribution in [2.24, 2.45) is 0 Å². The maximum atomic E-state index is 13.4. The Hall–Kier alpha value is -3.81. The zero-order chi connectivity index (χ0) is 22.6. The van der Waals surface area contributed by atoms with Gasteiger partial charge in [0.2, 0.25) is 11.9 Å². The molecule has 33 heavy (non-hydrogen) atoms. The van der Waals surface area contributed by atoms with E-state index in [2.05, 4.69) is 19.9 Å². The summed E-state index contributed by atoms with van der Waals surface area (Å²) in [4.78, 5) is 45.2. The standard InChI is InChI=1S/C25H26N6O2/c32-23(20-6-1-5-19(17-20)21-7-2-9-26-18-21)31-12-3-8-22(31)24(33)29-13-15-30(16-14-29)25-27-10-4-11-28-25/h1-2,4-7,9-11,17-18,22H,3,8,12-16H2. The highest BCUT2D eigenvalue weighted by Gasteiger charge is 2.37. The molecule has 0 radical (unpaired) electrons. The predicted molar refractivity (Wildman–Crippen MR) is 125 cm³/mol. The highest BCUT2D eigenvalue weighted by molar-refractivity contribution is 5.99. The highest BCUT2D eigenvalue weighted by Crippen LogP contribution is 2.25. The van der Waals surface area contributed by atoms with E-state index in [0.717, 1.165) is 17.5 Å². The molecule has 0 N–H and O–H groups in total. The van der Waals surface area contributed by atoms with Gasteiger partial charge in [0.05, 0.1) is 0 Å².